The van der Waals surface area contributed by atoms with Gasteiger partial charge in [0.05, 0.1) is 26.3 Å². The Hall–Kier alpha value is -2.08. The van der Waals surface area contributed by atoms with Gasteiger partial charge in [0, 0.05) is 24.5 Å². The Balaban J connectivity index is 2.09. The number of likely N-dealkylation sites (N-methyl/N-ethyl adjacent to an activating group) is 1. The molecule has 0 saturated carbocycles. The van der Waals surface area contributed by atoms with Gasteiger partial charge in [0.2, 0.25) is 5.91 Å². The second-order valence-electron chi connectivity index (χ2n) is 5.56. The number of hydrogen-bond acceptors (Lipinski definition) is 5. The maximum absolute atomic E-state index is 12.2. The van der Waals surface area contributed by atoms with Crippen LogP contribution in [0.4, 0.5) is 0 Å². The van der Waals surface area contributed by atoms with Gasteiger partial charge in [-0.25, -0.2) is 4.98 Å². The topological polar surface area (TPSA) is 51.7 Å². The van der Waals surface area contributed by atoms with E-state index >= 15 is 0 Å². The minimum atomic E-state index is 0.104. The molecule has 130 valence electrons. The third kappa shape index (κ3) is 4.47. The molecule has 6 heteroatoms. The quantitative estimate of drug-likeness (QED) is 0.731. The summed E-state index contributed by atoms with van der Waals surface area (Å²) in [7, 11) is 5.07. The Morgan fingerprint density at radius 1 is 1.25 bits per heavy atom. The molecule has 24 heavy (non-hydrogen) atoms. The number of carbonyl (C=O) groups is 1. The van der Waals surface area contributed by atoms with E-state index in [-0.39, 0.29) is 5.91 Å². The van der Waals surface area contributed by atoms with E-state index in [1.807, 2.05) is 30.6 Å². The standard InChI is InChI=1S/C18H24N2O3S/c1-5-6-9-20(2)17(21)11-14-12-24-18(19-14)13-7-8-15(22-3)16(10-13)23-4/h7-8,10,12H,5-6,9,11H2,1-4H3. The van der Waals surface area contributed by atoms with E-state index in [1.165, 1.54) is 11.3 Å². The number of rotatable bonds is 8. The number of unbranched alkanes of at least 4 members (excludes halogenated alkanes) is 1. The molecule has 1 amide bonds. The molecule has 1 heterocycles. The van der Waals surface area contributed by atoms with Crippen molar-refractivity contribution in [1.82, 2.24) is 9.88 Å². The maximum Gasteiger partial charge on any atom is 0.228 e. The zero-order valence-electron chi connectivity index (χ0n) is 14.7. The fourth-order valence-electron chi connectivity index (χ4n) is 2.30. The van der Waals surface area contributed by atoms with Crippen LogP contribution in [0.3, 0.4) is 0 Å². The number of thiazole rings is 1. The Kier molecular flexibility index (Phi) is 6.61. The summed E-state index contributed by atoms with van der Waals surface area (Å²) in [6.45, 7) is 2.91. The molecule has 0 aliphatic carbocycles. The third-order valence-electron chi connectivity index (χ3n) is 3.79. The summed E-state index contributed by atoms with van der Waals surface area (Å²) < 4.78 is 10.6. The number of nitrogens with zero attached hydrogens (tertiary/aromatic N) is 2. The van der Waals surface area contributed by atoms with Crippen LogP contribution in [-0.4, -0.2) is 43.6 Å². The van der Waals surface area contributed by atoms with Crippen LogP contribution in [0.25, 0.3) is 10.6 Å². The van der Waals surface area contributed by atoms with Crippen LogP contribution in [0, 0.1) is 0 Å². The van der Waals surface area contributed by atoms with Gasteiger partial charge in [0.25, 0.3) is 0 Å². The summed E-state index contributed by atoms with van der Waals surface area (Å²) in [6, 6.07) is 5.70. The van der Waals surface area contributed by atoms with Crippen LogP contribution in [0.2, 0.25) is 0 Å². The van der Waals surface area contributed by atoms with Crippen LogP contribution in [0.5, 0.6) is 11.5 Å². The van der Waals surface area contributed by atoms with Crippen molar-refractivity contribution in [3.05, 3.63) is 29.3 Å². The zero-order valence-corrected chi connectivity index (χ0v) is 15.5. The number of amides is 1. The first kappa shape index (κ1) is 18.3. The van der Waals surface area contributed by atoms with Crippen LogP contribution in [0.1, 0.15) is 25.5 Å². The van der Waals surface area contributed by atoms with E-state index in [0.29, 0.717) is 17.9 Å². The molecule has 0 radical (unpaired) electrons. The van der Waals surface area contributed by atoms with Crippen molar-refractivity contribution in [2.45, 2.75) is 26.2 Å². The fraction of sp³-hybridized carbons (Fsp3) is 0.444. The van der Waals surface area contributed by atoms with E-state index in [1.54, 1.807) is 19.1 Å². The molecule has 0 unspecified atom stereocenters. The molecular formula is C18H24N2O3S. The SMILES string of the molecule is CCCCN(C)C(=O)Cc1csc(-c2ccc(OC)c(OC)c2)n1. The summed E-state index contributed by atoms with van der Waals surface area (Å²) in [6.07, 6.45) is 2.44. The molecule has 0 saturated heterocycles. The molecule has 0 aliphatic rings. The minimum absolute atomic E-state index is 0.104. The average molecular weight is 348 g/mol. The van der Waals surface area contributed by atoms with E-state index in [9.17, 15) is 4.79 Å². The van der Waals surface area contributed by atoms with Crippen molar-refractivity contribution in [3.63, 3.8) is 0 Å². The molecule has 2 aromatic rings. The predicted octanol–water partition coefficient (Wildman–Crippen LogP) is 3.63. The smallest absolute Gasteiger partial charge is 0.228 e. The van der Waals surface area contributed by atoms with Crippen molar-refractivity contribution >= 4 is 17.2 Å². The number of aromatic nitrogens is 1. The van der Waals surface area contributed by atoms with Crippen molar-refractivity contribution in [1.29, 1.82) is 0 Å². The first-order valence-corrected chi connectivity index (χ1v) is 8.87. The van der Waals surface area contributed by atoms with E-state index in [0.717, 1.165) is 35.7 Å². The van der Waals surface area contributed by atoms with Crippen LogP contribution in [-0.2, 0) is 11.2 Å². The second-order valence-corrected chi connectivity index (χ2v) is 6.42. The van der Waals surface area contributed by atoms with Crippen molar-refractivity contribution in [2.24, 2.45) is 0 Å². The number of benzene rings is 1. The van der Waals surface area contributed by atoms with Gasteiger partial charge in [-0.15, -0.1) is 11.3 Å². The van der Waals surface area contributed by atoms with Gasteiger partial charge in [-0.2, -0.15) is 0 Å². The minimum Gasteiger partial charge on any atom is -0.493 e. The Bertz CT molecular complexity index is 685. The number of ether oxygens (including phenoxy) is 2. The summed E-state index contributed by atoms with van der Waals surface area (Å²) in [5.41, 5.74) is 1.76. The van der Waals surface area contributed by atoms with Gasteiger partial charge >= 0.3 is 0 Å². The molecule has 0 bridgehead atoms. The summed E-state index contributed by atoms with van der Waals surface area (Å²) in [5.74, 6) is 1.46. The molecule has 0 atom stereocenters. The van der Waals surface area contributed by atoms with Gasteiger partial charge in [-0.05, 0) is 24.6 Å². The predicted molar refractivity (Wildman–Crippen MR) is 96.9 cm³/mol. The first-order valence-electron chi connectivity index (χ1n) is 7.99. The van der Waals surface area contributed by atoms with Crippen molar-refractivity contribution in [2.75, 3.05) is 27.8 Å². The largest absolute Gasteiger partial charge is 0.493 e. The molecule has 0 spiro atoms. The zero-order chi connectivity index (χ0) is 17.5. The van der Waals surface area contributed by atoms with Crippen molar-refractivity contribution < 1.29 is 14.3 Å². The van der Waals surface area contributed by atoms with E-state index in [4.69, 9.17) is 9.47 Å². The van der Waals surface area contributed by atoms with Crippen LogP contribution < -0.4 is 9.47 Å². The molecule has 5 nitrogen and oxygen atoms in total. The molecule has 1 aromatic heterocycles. The lowest BCUT2D eigenvalue weighted by atomic mass is 10.2. The molecule has 1 aromatic carbocycles. The molecule has 0 N–H and O–H groups in total. The number of methoxy groups -OCH3 is 2. The molecular weight excluding hydrogens is 324 g/mol. The van der Waals surface area contributed by atoms with Crippen LogP contribution >= 0.6 is 11.3 Å². The number of hydrogen-bond donors (Lipinski definition) is 0. The lowest BCUT2D eigenvalue weighted by molar-refractivity contribution is -0.129. The van der Waals surface area contributed by atoms with Gasteiger partial charge in [0.15, 0.2) is 11.5 Å². The summed E-state index contributed by atoms with van der Waals surface area (Å²) >= 11 is 1.53. The highest BCUT2D eigenvalue weighted by Crippen LogP contribution is 2.33. The normalized spacial score (nSPS) is 10.5. The summed E-state index contributed by atoms with van der Waals surface area (Å²) in [4.78, 5) is 18.6. The average Bonchev–Trinajstić information content (AvgIpc) is 3.07. The highest BCUT2D eigenvalue weighted by molar-refractivity contribution is 7.13. The Morgan fingerprint density at radius 2 is 2.00 bits per heavy atom. The molecule has 0 fully saturated rings. The lowest BCUT2D eigenvalue weighted by Gasteiger charge is -2.15. The fourth-order valence-corrected chi connectivity index (χ4v) is 3.12. The van der Waals surface area contributed by atoms with Crippen molar-refractivity contribution in [3.8, 4) is 22.1 Å². The highest BCUT2D eigenvalue weighted by atomic mass is 32.1. The second kappa shape index (κ2) is 8.68. The van der Waals surface area contributed by atoms with Crippen LogP contribution in [0.15, 0.2) is 23.6 Å². The van der Waals surface area contributed by atoms with Gasteiger partial charge in [0.1, 0.15) is 5.01 Å². The van der Waals surface area contributed by atoms with E-state index in [2.05, 4.69) is 11.9 Å². The monoisotopic (exact) mass is 348 g/mol. The Labute approximate surface area is 147 Å². The highest BCUT2D eigenvalue weighted by Gasteiger charge is 2.13. The summed E-state index contributed by atoms with van der Waals surface area (Å²) in [5, 5.41) is 2.81. The van der Waals surface area contributed by atoms with E-state index < -0.39 is 0 Å². The maximum atomic E-state index is 12.2. The number of carbonyl (C=O) groups excluding carboxylic acids is 1. The lowest BCUT2D eigenvalue weighted by Crippen LogP contribution is -2.29. The first-order chi connectivity index (χ1) is 11.6. The molecule has 2 rings (SSSR count). The van der Waals surface area contributed by atoms with Gasteiger partial charge in [-0.1, -0.05) is 13.3 Å². The van der Waals surface area contributed by atoms with Gasteiger partial charge in [-0.3, -0.25) is 4.79 Å². The third-order valence-corrected chi connectivity index (χ3v) is 4.73. The Morgan fingerprint density at radius 3 is 2.67 bits per heavy atom. The molecule has 0 aliphatic heterocycles. The van der Waals surface area contributed by atoms with Gasteiger partial charge < -0.3 is 14.4 Å².